The van der Waals surface area contributed by atoms with Gasteiger partial charge in [-0.2, -0.15) is 0 Å². The molecule has 6 heteroatoms. The Hall–Kier alpha value is -2.47. The van der Waals surface area contributed by atoms with Crippen LogP contribution in [0.15, 0.2) is 59.6 Å². The molecule has 1 unspecified atom stereocenters. The minimum atomic E-state index is -0.351. The molecule has 1 aliphatic rings. The first-order chi connectivity index (χ1) is 12.0. The average molecular weight is 355 g/mol. The predicted octanol–water partition coefficient (Wildman–Crippen LogP) is 3.37. The molecule has 130 valence electrons. The smallest absolute Gasteiger partial charge is 0.262 e. The maximum atomic E-state index is 12.1. The number of ether oxygens (including phenoxy) is 1. The van der Waals surface area contributed by atoms with E-state index in [2.05, 4.69) is 17.2 Å². The van der Waals surface area contributed by atoms with Gasteiger partial charge >= 0.3 is 0 Å². The van der Waals surface area contributed by atoms with Gasteiger partial charge in [-0.3, -0.25) is 9.79 Å². The van der Waals surface area contributed by atoms with Crippen LogP contribution in [0.4, 0.5) is 5.69 Å². The summed E-state index contributed by atoms with van der Waals surface area (Å²) in [4.78, 5) is 16.7. The minimum Gasteiger partial charge on any atom is -0.484 e. The highest BCUT2D eigenvalue weighted by Crippen LogP contribution is 2.35. The fourth-order valence-corrected chi connectivity index (χ4v) is 3.66. The molecule has 0 spiro atoms. The first-order valence-electron chi connectivity index (χ1n) is 8.11. The first-order valence-corrected chi connectivity index (χ1v) is 9.10. The number of hydrogen-bond acceptors (Lipinski definition) is 5. The molecule has 1 aliphatic heterocycles. The van der Waals surface area contributed by atoms with Gasteiger partial charge in [-0.05, 0) is 43.2 Å². The van der Waals surface area contributed by atoms with Crippen LogP contribution in [0.5, 0.6) is 5.75 Å². The van der Waals surface area contributed by atoms with Crippen molar-refractivity contribution >= 4 is 28.5 Å². The standard InChI is InChI=1S/C19H21N3O2S/c1-19(10-11-25-18(20)22-19)14-6-5-7-15(12-14)21-17(23)13-24-16-8-3-2-4-9-16/h2-9,12H,10-11,13H2,1H3,(H2,20,22)(H,21,23). The molecule has 0 bridgehead atoms. The molecule has 5 nitrogen and oxygen atoms in total. The van der Waals surface area contributed by atoms with E-state index in [0.29, 0.717) is 10.9 Å². The van der Waals surface area contributed by atoms with E-state index in [-0.39, 0.29) is 18.1 Å². The van der Waals surface area contributed by atoms with Crippen molar-refractivity contribution in [2.45, 2.75) is 18.9 Å². The summed E-state index contributed by atoms with van der Waals surface area (Å²) in [5.41, 5.74) is 7.31. The Morgan fingerprint density at radius 3 is 2.84 bits per heavy atom. The maximum absolute atomic E-state index is 12.1. The molecule has 1 atom stereocenters. The topological polar surface area (TPSA) is 76.7 Å². The molecule has 25 heavy (non-hydrogen) atoms. The second kappa shape index (κ2) is 7.61. The van der Waals surface area contributed by atoms with Gasteiger partial charge in [0.2, 0.25) is 0 Å². The largest absolute Gasteiger partial charge is 0.484 e. The molecule has 0 saturated carbocycles. The number of para-hydroxylation sites is 1. The van der Waals surface area contributed by atoms with E-state index in [1.807, 2.05) is 54.6 Å². The predicted molar refractivity (Wildman–Crippen MR) is 103 cm³/mol. The van der Waals surface area contributed by atoms with Gasteiger partial charge in [0.1, 0.15) is 5.75 Å². The average Bonchev–Trinajstić information content (AvgIpc) is 2.61. The number of hydrogen-bond donors (Lipinski definition) is 2. The molecule has 2 aromatic carbocycles. The lowest BCUT2D eigenvalue weighted by atomic mass is 9.89. The van der Waals surface area contributed by atoms with Gasteiger partial charge in [0, 0.05) is 11.4 Å². The molecule has 0 aromatic heterocycles. The van der Waals surface area contributed by atoms with Crippen molar-refractivity contribution in [2.75, 3.05) is 17.7 Å². The summed E-state index contributed by atoms with van der Waals surface area (Å²) >= 11 is 1.58. The molecule has 1 amide bonds. The third kappa shape index (κ3) is 4.54. The number of carbonyl (C=O) groups excluding carboxylic acids is 1. The second-order valence-electron chi connectivity index (χ2n) is 6.05. The molecule has 0 fully saturated rings. The van der Waals surface area contributed by atoms with Gasteiger partial charge in [-0.1, -0.05) is 42.1 Å². The summed E-state index contributed by atoms with van der Waals surface area (Å²) in [7, 11) is 0. The van der Waals surface area contributed by atoms with Gasteiger partial charge < -0.3 is 15.8 Å². The molecular weight excluding hydrogens is 334 g/mol. The summed E-state index contributed by atoms with van der Waals surface area (Å²) in [5, 5.41) is 3.48. The van der Waals surface area contributed by atoms with E-state index in [9.17, 15) is 4.79 Å². The quantitative estimate of drug-likeness (QED) is 0.862. The van der Waals surface area contributed by atoms with Gasteiger partial charge in [-0.15, -0.1) is 0 Å². The van der Waals surface area contributed by atoms with Crippen LogP contribution in [0, 0.1) is 0 Å². The highest BCUT2D eigenvalue weighted by molar-refractivity contribution is 8.13. The highest BCUT2D eigenvalue weighted by atomic mass is 32.2. The number of thioether (sulfide) groups is 1. The molecule has 3 rings (SSSR count). The second-order valence-corrected chi connectivity index (χ2v) is 7.17. The number of amides is 1. The maximum Gasteiger partial charge on any atom is 0.262 e. The molecule has 3 N–H and O–H groups in total. The summed E-state index contributed by atoms with van der Waals surface area (Å²) in [6.07, 6.45) is 0.910. The van der Waals surface area contributed by atoms with E-state index in [0.717, 1.165) is 23.4 Å². The van der Waals surface area contributed by atoms with Crippen molar-refractivity contribution in [1.82, 2.24) is 0 Å². The van der Waals surface area contributed by atoms with E-state index < -0.39 is 0 Å². The van der Waals surface area contributed by atoms with Crippen molar-refractivity contribution in [3.05, 3.63) is 60.2 Å². The first kappa shape index (κ1) is 17.4. The normalized spacial score (nSPS) is 19.8. The van der Waals surface area contributed by atoms with Gasteiger partial charge in [-0.25, -0.2) is 0 Å². The number of benzene rings is 2. The summed E-state index contributed by atoms with van der Waals surface area (Å²) in [6, 6.07) is 17.0. The van der Waals surface area contributed by atoms with Crippen LogP contribution in [0.2, 0.25) is 0 Å². The lowest BCUT2D eigenvalue weighted by Gasteiger charge is -2.30. The van der Waals surface area contributed by atoms with Crippen LogP contribution in [-0.2, 0) is 10.3 Å². The number of nitrogens with one attached hydrogen (secondary N) is 1. The van der Waals surface area contributed by atoms with Gasteiger partial charge in [0.15, 0.2) is 11.8 Å². The zero-order chi connectivity index (χ0) is 17.7. The Kier molecular flexibility index (Phi) is 5.28. The monoisotopic (exact) mass is 355 g/mol. The zero-order valence-electron chi connectivity index (χ0n) is 14.1. The number of carbonyl (C=O) groups is 1. The van der Waals surface area contributed by atoms with Gasteiger partial charge in [0.25, 0.3) is 5.91 Å². The van der Waals surface area contributed by atoms with Crippen molar-refractivity contribution in [3.63, 3.8) is 0 Å². The van der Waals surface area contributed by atoms with Crippen molar-refractivity contribution < 1.29 is 9.53 Å². The van der Waals surface area contributed by atoms with E-state index in [1.165, 1.54) is 0 Å². The van der Waals surface area contributed by atoms with Crippen molar-refractivity contribution in [3.8, 4) is 5.75 Å². The molecule has 1 heterocycles. The molecule has 0 saturated heterocycles. The van der Waals surface area contributed by atoms with Crippen LogP contribution < -0.4 is 15.8 Å². The number of nitrogens with zero attached hydrogens (tertiary/aromatic N) is 1. The van der Waals surface area contributed by atoms with Crippen molar-refractivity contribution in [2.24, 2.45) is 10.7 Å². The summed E-state index contributed by atoms with van der Waals surface area (Å²) in [5.74, 6) is 1.41. The highest BCUT2D eigenvalue weighted by Gasteiger charge is 2.29. The number of amidine groups is 1. The van der Waals surface area contributed by atoms with Crippen molar-refractivity contribution in [1.29, 1.82) is 0 Å². The fourth-order valence-electron chi connectivity index (χ4n) is 2.69. The van der Waals surface area contributed by atoms with Gasteiger partial charge in [0.05, 0.1) is 5.54 Å². The van der Waals surface area contributed by atoms with Crippen LogP contribution in [0.1, 0.15) is 18.9 Å². The van der Waals surface area contributed by atoms with Crippen LogP contribution in [0.25, 0.3) is 0 Å². The SMILES string of the molecule is CC1(c2cccc(NC(=O)COc3ccccc3)c2)CCSC(N)=N1. The Morgan fingerprint density at radius 2 is 2.08 bits per heavy atom. The van der Waals surface area contributed by atoms with Crippen LogP contribution >= 0.6 is 11.8 Å². The fraction of sp³-hybridized carbons (Fsp3) is 0.263. The van der Waals surface area contributed by atoms with E-state index >= 15 is 0 Å². The van der Waals surface area contributed by atoms with E-state index in [1.54, 1.807) is 11.8 Å². The van der Waals surface area contributed by atoms with E-state index in [4.69, 9.17) is 10.5 Å². The number of nitrogens with two attached hydrogens (primary N) is 1. The molecule has 0 radical (unpaired) electrons. The Bertz CT molecular complexity index is 779. The number of rotatable bonds is 5. The third-order valence-corrected chi connectivity index (χ3v) is 4.87. The van der Waals surface area contributed by atoms with Crippen LogP contribution in [-0.4, -0.2) is 23.4 Å². The molecular formula is C19H21N3O2S. The Morgan fingerprint density at radius 1 is 1.28 bits per heavy atom. The lowest BCUT2D eigenvalue weighted by molar-refractivity contribution is -0.118. The molecule has 0 aliphatic carbocycles. The molecule has 2 aromatic rings. The minimum absolute atomic E-state index is 0.0345. The zero-order valence-corrected chi connectivity index (χ0v) is 14.9. The number of anilines is 1. The lowest BCUT2D eigenvalue weighted by Crippen LogP contribution is -2.29. The Labute approximate surface area is 151 Å². The number of aliphatic imine (C=N–C) groups is 1. The summed E-state index contributed by atoms with van der Waals surface area (Å²) < 4.78 is 5.47. The summed E-state index contributed by atoms with van der Waals surface area (Å²) in [6.45, 7) is 2.03. The Balaban J connectivity index is 1.65. The van der Waals surface area contributed by atoms with Crippen LogP contribution in [0.3, 0.4) is 0 Å². The third-order valence-electron chi connectivity index (χ3n) is 4.08.